The highest BCUT2D eigenvalue weighted by molar-refractivity contribution is 6.10. The summed E-state index contributed by atoms with van der Waals surface area (Å²) in [6.07, 6.45) is 0. The SMILES string of the molecule is c1ccc2cc3c(cc2c1)oc1cc(Nc2ccc4c(c2)oc2ccccc24)ccc13. The van der Waals surface area contributed by atoms with Crippen molar-refractivity contribution >= 4 is 66.0 Å². The number of nitrogens with one attached hydrogen (secondary N) is 1. The van der Waals surface area contributed by atoms with Crippen LogP contribution >= 0.6 is 0 Å². The summed E-state index contributed by atoms with van der Waals surface area (Å²) in [7, 11) is 0. The van der Waals surface area contributed by atoms with Gasteiger partial charge < -0.3 is 14.2 Å². The molecule has 3 heteroatoms. The van der Waals surface area contributed by atoms with Crippen molar-refractivity contribution in [2.45, 2.75) is 0 Å². The van der Waals surface area contributed by atoms with E-state index in [1.54, 1.807) is 0 Å². The quantitative estimate of drug-likeness (QED) is 0.317. The zero-order chi connectivity index (χ0) is 20.4. The average molecular weight is 399 g/mol. The summed E-state index contributed by atoms with van der Waals surface area (Å²) in [5, 5.41) is 10.4. The minimum Gasteiger partial charge on any atom is -0.456 e. The molecular formula is C28H17NO2. The fourth-order valence-corrected chi connectivity index (χ4v) is 4.51. The van der Waals surface area contributed by atoms with E-state index in [0.29, 0.717) is 0 Å². The third-order valence-electron chi connectivity index (χ3n) is 6.01. The van der Waals surface area contributed by atoms with Crippen molar-refractivity contribution in [1.29, 1.82) is 0 Å². The number of furan rings is 2. The fraction of sp³-hybridized carbons (Fsp3) is 0. The van der Waals surface area contributed by atoms with Crippen LogP contribution in [-0.4, -0.2) is 0 Å². The number of para-hydroxylation sites is 1. The molecule has 0 radical (unpaired) electrons. The maximum Gasteiger partial charge on any atom is 0.137 e. The lowest BCUT2D eigenvalue weighted by Gasteiger charge is -2.06. The maximum absolute atomic E-state index is 6.19. The Bertz CT molecular complexity index is 1770. The van der Waals surface area contributed by atoms with E-state index in [2.05, 4.69) is 78.1 Å². The normalized spacial score (nSPS) is 11.9. The molecule has 0 spiro atoms. The molecule has 146 valence electrons. The van der Waals surface area contributed by atoms with Crippen molar-refractivity contribution < 1.29 is 8.83 Å². The van der Waals surface area contributed by atoms with Crippen LogP contribution in [0.25, 0.3) is 54.6 Å². The van der Waals surface area contributed by atoms with Crippen LogP contribution in [0.4, 0.5) is 11.4 Å². The van der Waals surface area contributed by atoms with Crippen molar-refractivity contribution in [2.24, 2.45) is 0 Å². The highest BCUT2D eigenvalue weighted by Crippen LogP contribution is 2.35. The molecule has 5 aromatic carbocycles. The smallest absolute Gasteiger partial charge is 0.137 e. The van der Waals surface area contributed by atoms with E-state index < -0.39 is 0 Å². The summed E-state index contributed by atoms with van der Waals surface area (Å²) in [4.78, 5) is 0. The Kier molecular flexibility index (Phi) is 3.27. The van der Waals surface area contributed by atoms with E-state index in [1.165, 1.54) is 10.8 Å². The summed E-state index contributed by atoms with van der Waals surface area (Å²) in [5.74, 6) is 0. The first-order valence-corrected chi connectivity index (χ1v) is 10.4. The Hall–Kier alpha value is -4.24. The third-order valence-corrected chi connectivity index (χ3v) is 6.01. The second kappa shape index (κ2) is 6.13. The van der Waals surface area contributed by atoms with Gasteiger partial charge in [-0.05, 0) is 53.2 Å². The van der Waals surface area contributed by atoms with Gasteiger partial charge in [0, 0.05) is 45.1 Å². The molecule has 2 heterocycles. The molecule has 7 aromatic rings. The van der Waals surface area contributed by atoms with Gasteiger partial charge in [0.05, 0.1) is 0 Å². The van der Waals surface area contributed by atoms with Gasteiger partial charge in [0.1, 0.15) is 22.3 Å². The van der Waals surface area contributed by atoms with Crippen LogP contribution in [0.15, 0.2) is 106 Å². The van der Waals surface area contributed by atoms with Gasteiger partial charge in [-0.3, -0.25) is 0 Å². The number of rotatable bonds is 2. The molecule has 0 fully saturated rings. The molecule has 0 unspecified atom stereocenters. The highest BCUT2D eigenvalue weighted by Gasteiger charge is 2.10. The zero-order valence-electron chi connectivity index (χ0n) is 16.6. The van der Waals surface area contributed by atoms with Crippen LogP contribution in [0.1, 0.15) is 0 Å². The van der Waals surface area contributed by atoms with Gasteiger partial charge in [-0.2, -0.15) is 0 Å². The van der Waals surface area contributed by atoms with Gasteiger partial charge in [-0.25, -0.2) is 0 Å². The van der Waals surface area contributed by atoms with Gasteiger partial charge in [-0.15, -0.1) is 0 Å². The fourth-order valence-electron chi connectivity index (χ4n) is 4.51. The highest BCUT2D eigenvalue weighted by atomic mass is 16.3. The number of hydrogen-bond donors (Lipinski definition) is 1. The molecule has 0 atom stereocenters. The van der Waals surface area contributed by atoms with Crippen LogP contribution < -0.4 is 5.32 Å². The number of benzene rings is 5. The second-order valence-electron chi connectivity index (χ2n) is 7.94. The number of hydrogen-bond acceptors (Lipinski definition) is 3. The van der Waals surface area contributed by atoms with Crippen LogP contribution in [-0.2, 0) is 0 Å². The van der Waals surface area contributed by atoms with Crippen molar-refractivity contribution in [3.63, 3.8) is 0 Å². The Balaban J connectivity index is 1.31. The van der Waals surface area contributed by atoms with Crippen LogP contribution in [0.2, 0.25) is 0 Å². The van der Waals surface area contributed by atoms with Crippen LogP contribution in [0.5, 0.6) is 0 Å². The largest absolute Gasteiger partial charge is 0.456 e. The van der Waals surface area contributed by atoms with Gasteiger partial charge in [0.15, 0.2) is 0 Å². The maximum atomic E-state index is 6.19. The monoisotopic (exact) mass is 399 g/mol. The first-order chi connectivity index (χ1) is 15.3. The van der Waals surface area contributed by atoms with E-state index in [1.807, 2.05) is 24.3 Å². The predicted octanol–water partition coefficient (Wildman–Crippen LogP) is 8.38. The molecule has 0 bridgehead atoms. The lowest BCUT2D eigenvalue weighted by atomic mass is 10.1. The van der Waals surface area contributed by atoms with Gasteiger partial charge in [0.25, 0.3) is 0 Å². The standard InChI is InChI=1S/C28H17NO2/c1-2-6-18-14-26-24(13-17(18)5-1)23-12-10-20(16-28(23)31-26)29-19-9-11-22-21-7-3-4-8-25(21)30-27(22)15-19/h1-16,29H. The molecule has 31 heavy (non-hydrogen) atoms. The van der Waals surface area contributed by atoms with Crippen LogP contribution in [0.3, 0.4) is 0 Å². The van der Waals surface area contributed by atoms with Gasteiger partial charge in [-0.1, -0.05) is 42.5 Å². The lowest BCUT2D eigenvalue weighted by molar-refractivity contribution is 0.669. The molecular weight excluding hydrogens is 382 g/mol. The summed E-state index contributed by atoms with van der Waals surface area (Å²) in [5.41, 5.74) is 5.53. The molecule has 0 aliphatic heterocycles. The summed E-state index contributed by atoms with van der Waals surface area (Å²) in [6, 6.07) is 33.3. The van der Waals surface area contributed by atoms with Crippen molar-refractivity contribution in [2.75, 3.05) is 5.32 Å². The Morgan fingerprint density at radius 2 is 0.968 bits per heavy atom. The first-order valence-electron chi connectivity index (χ1n) is 10.4. The van der Waals surface area contributed by atoms with Crippen molar-refractivity contribution in [3.05, 3.63) is 97.1 Å². The molecule has 7 rings (SSSR count). The molecule has 0 aliphatic carbocycles. The van der Waals surface area contributed by atoms with Gasteiger partial charge in [0.2, 0.25) is 0 Å². The van der Waals surface area contributed by atoms with E-state index >= 15 is 0 Å². The van der Waals surface area contributed by atoms with Crippen molar-refractivity contribution in [3.8, 4) is 0 Å². The Morgan fingerprint density at radius 1 is 0.419 bits per heavy atom. The lowest BCUT2D eigenvalue weighted by Crippen LogP contribution is -1.89. The number of fused-ring (bicyclic) bond motifs is 7. The third kappa shape index (κ3) is 2.53. The summed E-state index contributed by atoms with van der Waals surface area (Å²) in [6.45, 7) is 0. The summed E-state index contributed by atoms with van der Waals surface area (Å²) >= 11 is 0. The molecule has 1 N–H and O–H groups in total. The van der Waals surface area contributed by atoms with Gasteiger partial charge >= 0.3 is 0 Å². The minimum atomic E-state index is 0.875. The molecule has 3 nitrogen and oxygen atoms in total. The van der Waals surface area contributed by atoms with Crippen molar-refractivity contribution in [1.82, 2.24) is 0 Å². The molecule has 0 saturated heterocycles. The zero-order valence-corrected chi connectivity index (χ0v) is 16.6. The Morgan fingerprint density at radius 3 is 1.74 bits per heavy atom. The predicted molar refractivity (Wildman–Crippen MR) is 128 cm³/mol. The second-order valence-corrected chi connectivity index (χ2v) is 7.94. The Labute approximate surface area is 177 Å². The van der Waals surface area contributed by atoms with E-state index in [-0.39, 0.29) is 0 Å². The summed E-state index contributed by atoms with van der Waals surface area (Å²) < 4.78 is 12.2. The van der Waals surface area contributed by atoms with E-state index in [0.717, 1.165) is 55.3 Å². The van der Waals surface area contributed by atoms with E-state index in [4.69, 9.17) is 8.83 Å². The average Bonchev–Trinajstić information content (AvgIpc) is 3.34. The molecule has 0 saturated carbocycles. The molecule has 2 aromatic heterocycles. The molecule has 0 amide bonds. The van der Waals surface area contributed by atoms with Crippen LogP contribution in [0, 0.1) is 0 Å². The molecule has 0 aliphatic rings. The first kappa shape index (κ1) is 16.5. The number of anilines is 2. The topological polar surface area (TPSA) is 38.3 Å². The van der Waals surface area contributed by atoms with E-state index in [9.17, 15) is 0 Å². The minimum absolute atomic E-state index is 0.875.